The van der Waals surface area contributed by atoms with Crippen LogP contribution in [0.1, 0.15) is 24.1 Å². The molecule has 1 fully saturated rings. The Morgan fingerprint density at radius 2 is 2.27 bits per heavy atom. The van der Waals surface area contributed by atoms with Crippen LogP contribution >= 0.6 is 0 Å². The number of carbonyl (C=O) groups excluding carboxylic acids is 1. The van der Waals surface area contributed by atoms with E-state index in [2.05, 4.69) is 14.9 Å². The lowest BCUT2D eigenvalue weighted by Crippen LogP contribution is -2.36. The number of aryl methyl sites for hydroxylation is 1. The third-order valence-electron chi connectivity index (χ3n) is 3.27. The highest BCUT2D eigenvalue weighted by molar-refractivity contribution is 5.77. The highest BCUT2D eigenvalue weighted by atomic mass is 19.3. The Labute approximate surface area is 123 Å². The minimum atomic E-state index is -4.25. The number of hydrogen-bond donors (Lipinski definition) is 0. The van der Waals surface area contributed by atoms with Gasteiger partial charge in [0.1, 0.15) is 13.2 Å². The zero-order valence-corrected chi connectivity index (χ0v) is 11.8. The minimum absolute atomic E-state index is 0.118. The van der Waals surface area contributed by atoms with E-state index in [-0.39, 0.29) is 5.92 Å². The van der Waals surface area contributed by atoms with Crippen LogP contribution in [0.15, 0.2) is 4.52 Å². The fraction of sp³-hybridized carbons (Fsp3) is 0.750. The molecule has 0 radical (unpaired) electrons. The number of aromatic nitrogens is 2. The zero-order valence-electron chi connectivity index (χ0n) is 11.8. The summed E-state index contributed by atoms with van der Waals surface area (Å²) in [5, 5.41) is 3.66. The highest BCUT2D eigenvalue weighted by Gasteiger charge is 2.41. The number of likely N-dealkylation sites (tertiary alicyclic amines) is 1. The first-order valence-electron chi connectivity index (χ1n) is 6.61. The first-order chi connectivity index (χ1) is 10.3. The molecule has 124 valence electrons. The van der Waals surface area contributed by atoms with Crippen LogP contribution in [0.3, 0.4) is 0 Å². The summed E-state index contributed by atoms with van der Waals surface area (Å²) >= 11 is 0. The van der Waals surface area contributed by atoms with Gasteiger partial charge in [-0.3, -0.25) is 4.79 Å². The SMILES string of the molecule is Cc1noc(C2CCN(C(=O)COCC(F)(F)C(F)F)C2)n1. The number of ether oxygens (including phenoxy) is 1. The van der Waals surface area contributed by atoms with Gasteiger partial charge < -0.3 is 14.2 Å². The molecular weight excluding hydrogens is 310 g/mol. The predicted molar refractivity (Wildman–Crippen MR) is 64.7 cm³/mol. The summed E-state index contributed by atoms with van der Waals surface area (Å²) in [6.07, 6.45) is -3.22. The van der Waals surface area contributed by atoms with Crippen molar-refractivity contribution in [2.24, 2.45) is 0 Å². The lowest BCUT2D eigenvalue weighted by molar-refractivity contribution is -0.170. The van der Waals surface area contributed by atoms with Crippen LogP contribution in [0.4, 0.5) is 17.6 Å². The topological polar surface area (TPSA) is 68.5 Å². The van der Waals surface area contributed by atoms with Gasteiger partial charge in [-0.15, -0.1) is 0 Å². The number of carbonyl (C=O) groups is 1. The maximum absolute atomic E-state index is 12.6. The molecule has 1 unspecified atom stereocenters. The number of amides is 1. The molecule has 22 heavy (non-hydrogen) atoms. The Bertz CT molecular complexity index is 523. The molecule has 1 aromatic rings. The molecule has 2 heterocycles. The van der Waals surface area contributed by atoms with E-state index in [4.69, 9.17) is 4.52 Å². The van der Waals surface area contributed by atoms with Crippen molar-refractivity contribution >= 4 is 5.91 Å². The fourth-order valence-corrected chi connectivity index (χ4v) is 2.10. The standard InChI is InChI=1S/C12H15F4N3O3/c1-7-17-10(22-18-7)8-2-3-19(4-8)9(20)5-21-6-12(15,16)11(13)14/h8,11H,2-6H2,1H3. The van der Waals surface area contributed by atoms with Crippen molar-refractivity contribution < 1.29 is 31.6 Å². The van der Waals surface area contributed by atoms with Gasteiger partial charge in [0.15, 0.2) is 5.82 Å². The average Bonchev–Trinajstić information content (AvgIpc) is 3.06. The van der Waals surface area contributed by atoms with Gasteiger partial charge >= 0.3 is 12.3 Å². The number of nitrogens with zero attached hydrogens (tertiary/aromatic N) is 3. The van der Waals surface area contributed by atoms with Gasteiger partial charge in [0.05, 0.1) is 5.92 Å². The van der Waals surface area contributed by atoms with E-state index in [9.17, 15) is 22.4 Å². The predicted octanol–water partition coefficient (Wildman–Crippen LogP) is 1.61. The molecule has 0 N–H and O–H groups in total. The minimum Gasteiger partial charge on any atom is -0.365 e. The first kappa shape index (κ1) is 16.7. The molecule has 6 nitrogen and oxygen atoms in total. The molecule has 1 atom stereocenters. The lowest BCUT2D eigenvalue weighted by Gasteiger charge is -2.18. The molecule has 1 aromatic heterocycles. The van der Waals surface area contributed by atoms with Crippen LogP contribution in [-0.2, 0) is 9.53 Å². The van der Waals surface area contributed by atoms with Gasteiger partial charge in [0, 0.05) is 13.1 Å². The van der Waals surface area contributed by atoms with Crippen molar-refractivity contribution in [3.8, 4) is 0 Å². The molecule has 1 aliphatic rings. The molecule has 10 heteroatoms. The number of hydrogen-bond acceptors (Lipinski definition) is 5. The highest BCUT2D eigenvalue weighted by Crippen LogP contribution is 2.26. The van der Waals surface area contributed by atoms with Gasteiger partial charge in [0.2, 0.25) is 11.8 Å². The molecule has 1 aliphatic heterocycles. The third-order valence-corrected chi connectivity index (χ3v) is 3.27. The summed E-state index contributed by atoms with van der Waals surface area (Å²) in [6, 6.07) is 0. The van der Waals surface area contributed by atoms with Gasteiger partial charge in [-0.1, -0.05) is 5.16 Å². The van der Waals surface area contributed by atoms with Crippen LogP contribution in [-0.4, -0.2) is 59.6 Å². The van der Waals surface area contributed by atoms with Crippen molar-refractivity contribution in [2.45, 2.75) is 31.6 Å². The molecular formula is C12H15F4N3O3. The van der Waals surface area contributed by atoms with Crippen molar-refractivity contribution in [3.63, 3.8) is 0 Å². The van der Waals surface area contributed by atoms with E-state index < -0.39 is 31.5 Å². The van der Waals surface area contributed by atoms with Gasteiger partial charge in [0.25, 0.3) is 0 Å². The molecule has 0 spiro atoms. The second-order valence-electron chi connectivity index (χ2n) is 5.06. The second kappa shape index (κ2) is 6.59. The van der Waals surface area contributed by atoms with Crippen LogP contribution in [0, 0.1) is 6.92 Å². The number of alkyl halides is 4. The Balaban J connectivity index is 1.77. The summed E-state index contributed by atoms with van der Waals surface area (Å²) in [4.78, 5) is 17.2. The molecule has 0 bridgehead atoms. The van der Waals surface area contributed by atoms with Crippen LogP contribution in [0.5, 0.6) is 0 Å². The van der Waals surface area contributed by atoms with Crippen molar-refractivity contribution in [1.29, 1.82) is 0 Å². The van der Waals surface area contributed by atoms with E-state index in [1.807, 2.05) is 0 Å². The summed E-state index contributed by atoms with van der Waals surface area (Å²) in [5.41, 5.74) is 0. The van der Waals surface area contributed by atoms with E-state index in [1.165, 1.54) is 4.90 Å². The second-order valence-corrected chi connectivity index (χ2v) is 5.06. The summed E-state index contributed by atoms with van der Waals surface area (Å²) in [5.74, 6) is -4.01. The van der Waals surface area contributed by atoms with E-state index >= 15 is 0 Å². The van der Waals surface area contributed by atoms with Crippen LogP contribution < -0.4 is 0 Å². The summed E-state index contributed by atoms with van der Waals surface area (Å²) in [7, 11) is 0. The Morgan fingerprint density at radius 3 is 2.86 bits per heavy atom. The summed E-state index contributed by atoms with van der Waals surface area (Å²) < 4.78 is 58.5. The normalized spacial score (nSPS) is 19.2. The average molecular weight is 325 g/mol. The molecule has 1 saturated heterocycles. The first-order valence-corrected chi connectivity index (χ1v) is 6.61. The summed E-state index contributed by atoms with van der Waals surface area (Å²) in [6.45, 7) is 0.199. The van der Waals surface area contributed by atoms with Gasteiger partial charge in [-0.2, -0.15) is 13.8 Å². The van der Waals surface area contributed by atoms with Gasteiger partial charge in [-0.25, -0.2) is 8.78 Å². The molecule has 0 saturated carbocycles. The lowest BCUT2D eigenvalue weighted by atomic mass is 10.1. The van der Waals surface area contributed by atoms with E-state index in [0.717, 1.165) is 0 Å². The van der Waals surface area contributed by atoms with E-state index in [0.29, 0.717) is 31.2 Å². The molecule has 2 rings (SSSR count). The van der Waals surface area contributed by atoms with Crippen LogP contribution in [0.25, 0.3) is 0 Å². The Hall–Kier alpha value is -1.71. The largest absolute Gasteiger partial charge is 0.365 e. The van der Waals surface area contributed by atoms with Crippen LogP contribution in [0.2, 0.25) is 0 Å². The molecule has 0 aromatic carbocycles. The maximum atomic E-state index is 12.6. The monoisotopic (exact) mass is 325 g/mol. The number of halogens is 4. The maximum Gasteiger partial charge on any atom is 0.330 e. The third kappa shape index (κ3) is 3.93. The zero-order chi connectivity index (χ0) is 16.3. The molecule has 0 aliphatic carbocycles. The quantitative estimate of drug-likeness (QED) is 0.743. The van der Waals surface area contributed by atoms with Crippen molar-refractivity contribution in [3.05, 3.63) is 11.7 Å². The van der Waals surface area contributed by atoms with Crippen molar-refractivity contribution in [2.75, 3.05) is 26.3 Å². The molecule has 1 amide bonds. The number of rotatable bonds is 6. The fourth-order valence-electron chi connectivity index (χ4n) is 2.10. The smallest absolute Gasteiger partial charge is 0.330 e. The van der Waals surface area contributed by atoms with Crippen molar-refractivity contribution in [1.82, 2.24) is 15.0 Å². The Kier molecular flexibility index (Phi) is 4.99. The Morgan fingerprint density at radius 1 is 1.55 bits per heavy atom. The van der Waals surface area contributed by atoms with E-state index in [1.54, 1.807) is 6.92 Å². The van der Waals surface area contributed by atoms with Gasteiger partial charge in [-0.05, 0) is 13.3 Å².